The van der Waals surface area contributed by atoms with Gasteiger partial charge >= 0.3 is 18.1 Å². The predicted octanol–water partition coefficient (Wildman–Crippen LogP) is 3.53. The lowest BCUT2D eigenvalue weighted by molar-refractivity contribution is -0.222. The Morgan fingerprint density at radius 1 is 1.14 bits per heavy atom. The van der Waals surface area contributed by atoms with E-state index in [0.29, 0.717) is 3.57 Å². The molecule has 1 saturated heterocycles. The van der Waals surface area contributed by atoms with Crippen LogP contribution in [0.25, 0.3) is 6.08 Å². The second kappa shape index (κ2) is 5.56. The van der Waals surface area contributed by atoms with Crippen LogP contribution < -0.4 is 0 Å². The molecule has 0 atom stereocenters. The van der Waals surface area contributed by atoms with Crippen LogP contribution in [0.4, 0.5) is 13.2 Å². The molecule has 0 aliphatic carbocycles. The normalized spacial score (nSPS) is 17.8. The van der Waals surface area contributed by atoms with Gasteiger partial charge in [-0.2, -0.15) is 13.2 Å². The molecule has 2 rings (SSSR count). The van der Waals surface area contributed by atoms with E-state index >= 15 is 0 Å². The van der Waals surface area contributed by atoms with Gasteiger partial charge in [0.1, 0.15) is 5.57 Å². The van der Waals surface area contributed by atoms with Gasteiger partial charge in [0.05, 0.1) is 5.56 Å². The minimum absolute atomic E-state index is 0.309. The molecule has 1 aromatic rings. The monoisotopic (exact) mass is 426 g/mol. The SMILES string of the molecule is CC1(C)OC(=O)C(=Cc2ccc(I)cc2C(F)(F)F)C(=O)O1. The molecule has 0 spiro atoms. The second-order valence-electron chi connectivity index (χ2n) is 4.97. The molecule has 0 saturated carbocycles. The molecule has 0 bridgehead atoms. The van der Waals surface area contributed by atoms with Crippen LogP contribution in [0, 0.1) is 3.57 Å². The lowest BCUT2D eigenvalue weighted by Crippen LogP contribution is -2.41. The smallest absolute Gasteiger partial charge is 0.417 e. The molecule has 1 heterocycles. The second-order valence-corrected chi connectivity index (χ2v) is 6.21. The van der Waals surface area contributed by atoms with Crippen LogP contribution in [-0.4, -0.2) is 17.7 Å². The Kier molecular flexibility index (Phi) is 4.24. The third kappa shape index (κ3) is 3.60. The predicted molar refractivity (Wildman–Crippen MR) is 78.4 cm³/mol. The molecule has 22 heavy (non-hydrogen) atoms. The van der Waals surface area contributed by atoms with Crippen LogP contribution >= 0.6 is 22.6 Å². The van der Waals surface area contributed by atoms with E-state index in [0.717, 1.165) is 12.1 Å². The lowest BCUT2D eigenvalue weighted by Gasteiger charge is -2.29. The summed E-state index contributed by atoms with van der Waals surface area (Å²) in [5, 5.41) is 0. The number of cyclic esters (lactones) is 2. The van der Waals surface area contributed by atoms with Gasteiger partial charge in [-0.3, -0.25) is 0 Å². The van der Waals surface area contributed by atoms with Crippen molar-refractivity contribution in [3.05, 3.63) is 38.5 Å². The number of hydrogen-bond donors (Lipinski definition) is 0. The van der Waals surface area contributed by atoms with E-state index in [9.17, 15) is 22.8 Å². The molecule has 0 N–H and O–H groups in total. The molecular formula is C14H10F3IO4. The summed E-state index contributed by atoms with van der Waals surface area (Å²) >= 11 is 1.74. The molecule has 1 aromatic carbocycles. The first kappa shape index (κ1) is 16.8. The van der Waals surface area contributed by atoms with Gasteiger partial charge in [-0.05, 0) is 46.4 Å². The molecule has 0 radical (unpaired) electrons. The average Bonchev–Trinajstić information content (AvgIpc) is 2.32. The van der Waals surface area contributed by atoms with Crippen LogP contribution in [0.15, 0.2) is 23.8 Å². The van der Waals surface area contributed by atoms with Crippen molar-refractivity contribution in [2.75, 3.05) is 0 Å². The first-order valence-electron chi connectivity index (χ1n) is 6.05. The summed E-state index contributed by atoms with van der Waals surface area (Å²) in [6.45, 7) is 2.71. The zero-order valence-corrected chi connectivity index (χ0v) is 13.6. The first-order chi connectivity index (χ1) is 9.99. The molecule has 118 valence electrons. The Morgan fingerprint density at radius 3 is 2.18 bits per heavy atom. The zero-order valence-electron chi connectivity index (χ0n) is 11.5. The first-order valence-corrected chi connectivity index (χ1v) is 7.12. The molecule has 1 aliphatic heterocycles. The lowest BCUT2D eigenvalue weighted by atomic mass is 10.0. The van der Waals surface area contributed by atoms with Crippen molar-refractivity contribution in [1.82, 2.24) is 0 Å². The summed E-state index contributed by atoms with van der Waals surface area (Å²) in [4.78, 5) is 23.6. The quantitative estimate of drug-likeness (QED) is 0.299. The highest BCUT2D eigenvalue weighted by Gasteiger charge is 2.40. The minimum Gasteiger partial charge on any atom is -0.419 e. The molecule has 8 heteroatoms. The number of carbonyl (C=O) groups is 2. The van der Waals surface area contributed by atoms with E-state index in [1.165, 1.54) is 26.0 Å². The number of hydrogen-bond acceptors (Lipinski definition) is 4. The Bertz CT molecular complexity index is 655. The Balaban J connectivity index is 2.50. The van der Waals surface area contributed by atoms with Gasteiger partial charge in [0.2, 0.25) is 0 Å². The van der Waals surface area contributed by atoms with Gasteiger partial charge in [-0.25, -0.2) is 9.59 Å². The summed E-state index contributed by atoms with van der Waals surface area (Å²) in [6.07, 6.45) is -3.78. The van der Waals surface area contributed by atoms with Gasteiger partial charge in [0.25, 0.3) is 5.79 Å². The van der Waals surface area contributed by atoms with Crippen molar-refractivity contribution in [3.8, 4) is 0 Å². The molecular weight excluding hydrogens is 416 g/mol. The summed E-state index contributed by atoms with van der Waals surface area (Å²) < 4.78 is 49.2. The van der Waals surface area contributed by atoms with Crippen molar-refractivity contribution in [1.29, 1.82) is 0 Å². The van der Waals surface area contributed by atoms with Crippen molar-refractivity contribution in [2.45, 2.75) is 25.8 Å². The van der Waals surface area contributed by atoms with Gasteiger partial charge in [0, 0.05) is 17.4 Å². The highest BCUT2D eigenvalue weighted by atomic mass is 127. The van der Waals surface area contributed by atoms with Gasteiger partial charge in [-0.15, -0.1) is 0 Å². The van der Waals surface area contributed by atoms with Crippen LogP contribution in [0.2, 0.25) is 0 Å². The number of benzene rings is 1. The molecule has 1 fully saturated rings. The van der Waals surface area contributed by atoms with Crippen LogP contribution in [0.1, 0.15) is 25.0 Å². The zero-order chi connectivity index (χ0) is 16.7. The Hall–Kier alpha value is -1.58. The van der Waals surface area contributed by atoms with Gasteiger partial charge in [0.15, 0.2) is 0 Å². The molecule has 0 aromatic heterocycles. The maximum atomic E-state index is 13.0. The average molecular weight is 426 g/mol. The fourth-order valence-electron chi connectivity index (χ4n) is 1.83. The standard InChI is InChI=1S/C14H10F3IO4/c1-13(2)21-11(19)9(12(20)22-13)5-7-3-4-8(18)6-10(7)14(15,16)17/h3-6H,1-2H3. The van der Waals surface area contributed by atoms with Crippen molar-refractivity contribution < 1.29 is 32.2 Å². The topological polar surface area (TPSA) is 52.6 Å². The van der Waals surface area contributed by atoms with E-state index in [-0.39, 0.29) is 5.56 Å². The number of rotatable bonds is 1. The van der Waals surface area contributed by atoms with Crippen LogP contribution in [0.5, 0.6) is 0 Å². The highest BCUT2D eigenvalue weighted by molar-refractivity contribution is 14.1. The maximum Gasteiger partial charge on any atom is 0.417 e. The fraction of sp³-hybridized carbons (Fsp3) is 0.286. The highest BCUT2D eigenvalue weighted by Crippen LogP contribution is 2.35. The van der Waals surface area contributed by atoms with E-state index in [4.69, 9.17) is 9.47 Å². The number of halogens is 4. The Labute approximate surface area is 137 Å². The number of esters is 2. The number of alkyl halides is 3. The molecule has 0 amide bonds. The van der Waals surface area contributed by atoms with Crippen molar-refractivity contribution in [2.24, 2.45) is 0 Å². The summed E-state index contributed by atoms with van der Waals surface area (Å²) in [7, 11) is 0. The molecule has 1 aliphatic rings. The molecule has 4 nitrogen and oxygen atoms in total. The van der Waals surface area contributed by atoms with Crippen molar-refractivity contribution in [3.63, 3.8) is 0 Å². The number of ether oxygens (including phenoxy) is 2. The van der Waals surface area contributed by atoms with Crippen LogP contribution in [-0.2, 0) is 25.2 Å². The fourth-order valence-corrected chi connectivity index (χ4v) is 2.33. The van der Waals surface area contributed by atoms with E-state index in [1.807, 2.05) is 0 Å². The minimum atomic E-state index is -4.62. The third-order valence-electron chi connectivity index (χ3n) is 2.74. The summed E-state index contributed by atoms with van der Waals surface area (Å²) in [5.74, 6) is -3.48. The van der Waals surface area contributed by atoms with E-state index < -0.39 is 35.0 Å². The van der Waals surface area contributed by atoms with Crippen LogP contribution in [0.3, 0.4) is 0 Å². The van der Waals surface area contributed by atoms with Gasteiger partial charge in [-0.1, -0.05) is 6.07 Å². The van der Waals surface area contributed by atoms with Crippen molar-refractivity contribution >= 4 is 40.6 Å². The van der Waals surface area contributed by atoms with Gasteiger partial charge < -0.3 is 9.47 Å². The molecule has 0 unspecified atom stereocenters. The largest absolute Gasteiger partial charge is 0.419 e. The Morgan fingerprint density at radius 2 is 1.68 bits per heavy atom. The third-order valence-corrected chi connectivity index (χ3v) is 3.41. The maximum absolute atomic E-state index is 13.0. The summed E-state index contributed by atoms with van der Waals surface area (Å²) in [6, 6.07) is 3.54. The van der Waals surface area contributed by atoms with E-state index in [2.05, 4.69) is 0 Å². The number of carbonyl (C=O) groups excluding carboxylic acids is 2. The summed E-state index contributed by atoms with van der Waals surface area (Å²) in [5.41, 5.74) is -1.83. The van der Waals surface area contributed by atoms with E-state index in [1.54, 1.807) is 22.6 Å².